The minimum atomic E-state index is 0.188. The lowest BCUT2D eigenvalue weighted by Crippen LogP contribution is -2.47. The first kappa shape index (κ1) is 15.3. The van der Waals surface area contributed by atoms with Gasteiger partial charge in [-0.3, -0.25) is 9.89 Å². The second-order valence-corrected chi connectivity index (χ2v) is 8.15. The van der Waals surface area contributed by atoms with Crippen molar-refractivity contribution in [3.63, 3.8) is 0 Å². The molecule has 25 heavy (non-hydrogen) atoms. The zero-order chi connectivity index (χ0) is 16.8. The summed E-state index contributed by atoms with van der Waals surface area (Å²) in [5.41, 5.74) is 3.93. The Bertz CT molecular complexity index is 906. The number of ketones is 1. The highest BCUT2D eigenvalue weighted by Crippen LogP contribution is 2.35. The Hall–Kier alpha value is -1.98. The van der Waals surface area contributed by atoms with Crippen molar-refractivity contribution in [2.24, 2.45) is 11.8 Å². The second-order valence-electron chi connectivity index (χ2n) is 7.37. The number of Topliss-reactive ketones (excluding diaryl/α,β-unsaturated/α-hetero) is 1. The molecule has 2 aromatic heterocycles. The number of H-pyrrole nitrogens is 1. The van der Waals surface area contributed by atoms with E-state index < -0.39 is 0 Å². The van der Waals surface area contributed by atoms with E-state index in [0.29, 0.717) is 18.0 Å². The summed E-state index contributed by atoms with van der Waals surface area (Å²) in [7, 11) is 0. The number of aromatic nitrogens is 2. The van der Waals surface area contributed by atoms with Crippen molar-refractivity contribution >= 4 is 28.0 Å². The number of thiophene rings is 1. The Morgan fingerprint density at radius 3 is 2.84 bits per heavy atom. The maximum Gasteiger partial charge on any atom is 0.184 e. The van der Waals surface area contributed by atoms with E-state index in [2.05, 4.69) is 44.1 Å². The molecule has 1 N–H and O–H groups in total. The number of benzene rings is 1. The third-order valence-corrected chi connectivity index (χ3v) is 6.60. The second kappa shape index (κ2) is 6.07. The van der Waals surface area contributed by atoms with Crippen molar-refractivity contribution in [3.05, 3.63) is 40.7 Å². The van der Waals surface area contributed by atoms with Crippen LogP contribution in [0.5, 0.6) is 0 Å². The van der Waals surface area contributed by atoms with Crippen LogP contribution in [0.15, 0.2) is 35.0 Å². The van der Waals surface area contributed by atoms with Gasteiger partial charge in [0.25, 0.3) is 0 Å². The molecule has 5 heteroatoms. The number of nitrogens with zero attached hydrogens (tertiary/aromatic N) is 2. The van der Waals surface area contributed by atoms with Gasteiger partial charge in [0, 0.05) is 18.4 Å². The molecule has 0 spiro atoms. The highest BCUT2D eigenvalue weighted by atomic mass is 32.1. The van der Waals surface area contributed by atoms with Gasteiger partial charge in [-0.05, 0) is 77.9 Å². The third kappa shape index (κ3) is 2.71. The van der Waals surface area contributed by atoms with E-state index in [-0.39, 0.29) is 5.78 Å². The Morgan fingerprint density at radius 1 is 1.24 bits per heavy atom. The standard InChI is InChI=1S/C20H21N3OS/c24-19(10-16-11-23-6-3-13(16)4-7-23)20-17-2-1-14(9-18(17)21-22-20)15-5-8-25-12-15/h1-2,5,8-9,12-13,16H,3-4,6-7,10-11H2,(H,21,22)/t16-/m1/s1. The predicted molar refractivity (Wildman–Crippen MR) is 101 cm³/mol. The van der Waals surface area contributed by atoms with Crippen molar-refractivity contribution in [1.82, 2.24) is 15.1 Å². The van der Waals surface area contributed by atoms with Crippen LogP contribution < -0.4 is 0 Å². The van der Waals surface area contributed by atoms with Crippen LogP contribution >= 0.6 is 11.3 Å². The van der Waals surface area contributed by atoms with E-state index in [1.54, 1.807) is 11.3 Å². The number of piperidine rings is 3. The Labute approximate surface area is 150 Å². The number of carbonyl (C=O) groups is 1. The summed E-state index contributed by atoms with van der Waals surface area (Å²) in [4.78, 5) is 15.4. The summed E-state index contributed by atoms with van der Waals surface area (Å²) in [5.74, 6) is 1.42. The van der Waals surface area contributed by atoms with Crippen LogP contribution in [0.2, 0.25) is 0 Å². The maximum atomic E-state index is 12.9. The molecule has 3 aliphatic heterocycles. The quantitative estimate of drug-likeness (QED) is 0.717. The van der Waals surface area contributed by atoms with Gasteiger partial charge in [-0.2, -0.15) is 16.4 Å². The Balaban J connectivity index is 1.40. The van der Waals surface area contributed by atoms with Gasteiger partial charge >= 0.3 is 0 Å². The van der Waals surface area contributed by atoms with Gasteiger partial charge in [-0.1, -0.05) is 6.07 Å². The molecule has 0 aliphatic carbocycles. The fourth-order valence-electron chi connectivity index (χ4n) is 4.49. The average molecular weight is 351 g/mol. The third-order valence-electron chi connectivity index (χ3n) is 5.92. The van der Waals surface area contributed by atoms with Crippen molar-refractivity contribution in [1.29, 1.82) is 0 Å². The number of hydrogen-bond acceptors (Lipinski definition) is 4. The molecular weight excluding hydrogens is 330 g/mol. The summed E-state index contributed by atoms with van der Waals surface area (Å²) in [6.45, 7) is 3.51. The van der Waals surface area contributed by atoms with Crippen molar-refractivity contribution in [2.75, 3.05) is 19.6 Å². The van der Waals surface area contributed by atoms with Gasteiger partial charge in [0.15, 0.2) is 5.78 Å². The lowest BCUT2D eigenvalue weighted by Gasteiger charge is -2.44. The van der Waals surface area contributed by atoms with E-state index in [1.807, 2.05) is 6.07 Å². The summed E-state index contributed by atoms with van der Waals surface area (Å²) in [6, 6.07) is 8.33. The lowest BCUT2D eigenvalue weighted by molar-refractivity contribution is 0.0440. The minimum absolute atomic E-state index is 0.188. The first-order valence-electron chi connectivity index (χ1n) is 9.04. The Morgan fingerprint density at radius 2 is 2.12 bits per heavy atom. The molecule has 0 amide bonds. The lowest BCUT2D eigenvalue weighted by atomic mass is 9.76. The fourth-order valence-corrected chi connectivity index (χ4v) is 5.16. The molecule has 0 unspecified atom stereocenters. The van der Waals surface area contributed by atoms with Crippen LogP contribution in [0.1, 0.15) is 29.8 Å². The van der Waals surface area contributed by atoms with E-state index in [1.165, 1.54) is 31.5 Å². The highest BCUT2D eigenvalue weighted by Gasteiger charge is 2.35. The van der Waals surface area contributed by atoms with Gasteiger partial charge < -0.3 is 4.90 Å². The van der Waals surface area contributed by atoms with Crippen LogP contribution in [0, 0.1) is 11.8 Å². The summed E-state index contributed by atoms with van der Waals surface area (Å²) >= 11 is 1.69. The van der Waals surface area contributed by atoms with Crippen LogP contribution in [-0.2, 0) is 0 Å². The SMILES string of the molecule is O=C(C[C@@H]1CN2CCC1CC2)c1n[nH]c2cc(-c3ccsc3)ccc12. The molecule has 0 radical (unpaired) electrons. The monoisotopic (exact) mass is 351 g/mol. The molecule has 3 saturated heterocycles. The van der Waals surface area contributed by atoms with Gasteiger partial charge in [-0.25, -0.2) is 0 Å². The first-order valence-corrected chi connectivity index (χ1v) is 9.98. The van der Waals surface area contributed by atoms with E-state index in [9.17, 15) is 4.79 Å². The number of fused-ring (bicyclic) bond motifs is 4. The molecule has 4 nitrogen and oxygen atoms in total. The molecule has 6 rings (SSSR count). The first-order chi connectivity index (χ1) is 12.3. The molecule has 1 aromatic carbocycles. The zero-order valence-corrected chi connectivity index (χ0v) is 14.9. The Kier molecular flexibility index (Phi) is 3.71. The van der Waals surface area contributed by atoms with Gasteiger partial charge in [0.1, 0.15) is 5.69 Å². The average Bonchev–Trinajstić information content (AvgIpc) is 3.32. The molecule has 2 bridgehead atoms. The zero-order valence-electron chi connectivity index (χ0n) is 14.1. The minimum Gasteiger partial charge on any atom is -0.303 e. The number of nitrogens with one attached hydrogen (secondary N) is 1. The number of carbonyl (C=O) groups excluding carboxylic acids is 1. The number of rotatable bonds is 4. The molecule has 0 saturated carbocycles. The highest BCUT2D eigenvalue weighted by molar-refractivity contribution is 7.08. The smallest absolute Gasteiger partial charge is 0.184 e. The summed E-state index contributed by atoms with van der Waals surface area (Å²) in [6.07, 6.45) is 3.14. The van der Waals surface area contributed by atoms with E-state index in [0.717, 1.165) is 28.9 Å². The van der Waals surface area contributed by atoms with E-state index in [4.69, 9.17) is 0 Å². The van der Waals surface area contributed by atoms with Crippen molar-refractivity contribution in [3.8, 4) is 11.1 Å². The topological polar surface area (TPSA) is 49.0 Å². The van der Waals surface area contributed by atoms with Crippen LogP contribution in [0.3, 0.4) is 0 Å². The molecule has 128 valence electrons. The van der Waals surface area contributed by atoms with Crippen molar-refractivity contribution in [2.45, 2.75) is 19.3 Å². The normalized spacial score (nSPS) is 25.5. The van der Waals surface area contributed by atoms with Crippen LogP contribution in [0.25, 0.3) is 22.0 Å². The molecule has 5 heterocycles. The molecular formula is C20H21N3OS. The molecule has 3 fully saturated rings. The largest absolute Gasteiger partial charge is 0.303 e. The van der Waals surface area contributed by atoms with Gasteiger partial charge in [0.05, 0.1) is 5.52 Å². The van der Waals surface area contributed by atoms with Crippen LogP contribution in [0.4, 0.5) is 0 Å². The predicted octanol–water partition coefficient (Wildman–Crippen LogP) is 4.21. The number of aromatic amines is 1. The molecule has 3 aromatic rings. The maximum absolute atomic E-state index is 12.9. The molecule has 1 atom stereocenters. The summed E-state index contributed by atoms with van der Waals surface area (Å²) in [5, 5.41) is 12.6. The molecule has 3 aliphatic rings. The number of hydrogen-bond donors (Lipinski definition) is 1. The van der Waals surface area contributed by atoms with Gasteiger partial charge in [0.2, 0.25) is 0 Å². The van der Waals surface area contributed by atoms with Gasteiger partial charge in [-0.15, -0.1) is 0 Å². The summed E-state index contributed by atoms with van der Waals surface area (Å²) < 4.78 is 0. The van der Waals surface area contributed by atoms with Crippen LogP contribution in [-0.4, -0.2) is 40.5 Å². The van der Waals surface area contributed by atoms with Crippen molar-refractivity contribution < 1.29 is 4.79 Å². The fraction of sp³-hybridized carbons (Fsp3) is 0.400. The van der Waals surface area contributed by atoms with E-state index >= 15 is 0 Å².